The smallest absolute Gasteiger partial charge is 0.385 e. The number of carbonyl (C=O) groups is 2. The highest BCUT2D eigenvalue weighted by atomic mass is 19.4. The van der Waals surface area contributed by atoms with E-state index in [1.165, 1.54) is 18.2 Å². The summed E-state index contributed by atoms with van der Waals surface area (Å²) < 4.78 is 51.6. The van der Waals surface area contributed by atoms with Gasteiger partial charge in [0.1, 0.15) is 5.82 Å². The molecule has 4 rings (SSSR count). The van der Waals surface area contributed by atoms with Gasteiger partial charge in [0.2, 0.25) is 5.91 Å². The minimum atomic E-state index is -4.55. The first kappa shape index (κ1) is 25.1. The van der Waals surface area contributed by atoms with Gasteiger partial charge in [-0.3, -0.25) is 14.5 Å². The standard InChI is InChI=1S/C25H27F4N3O3/c26-19-6-4-17(5-7-19)24(35)10-8-21(9-11-24)32-14-20(15-32)31-22(33)13-30-23(34)16-2-1-3-18(12-16)25(27,28)29/h1-7,12,20-21,35H,8-11,13-15H2,(H,30,34)(H,31,33)/t21-,24-. The van der Waals surface area contributed by atoms with Gasteiger partial charge in [-0.25, -0.2) is 4.39 Å². The topological polar surface area (TPSA) is 81.7 Å². The minimum absolute atomic E-state index is 0.0779. The van der Waals surface area contributed by atoms with Crippen LogP contribution in [-0.2, 0) is 16.6 Å². The summed E-state index contributed by atoms with van der Waals surface area (Å²) in [5.41, 5.74) is -1.33. The molecule has 1 aliphatic heterocycles. The summed E-state index contributed by atoms with van der Waals surface area (Å²) in [7, 11) is 0. The number of nitrogens with one attached hydrogen (secondary N) is 2. The maximum absolute atomic E-state index is 13.2. The number of hydrogen-bond donors (Lipinski definition) is 3. The monoisotopic (exact) mass is 493 g/mol. The molecule has 3 N–H and O–H groups in total. The van der Waals surface area contributed by atoms with Crippen LogP contribution >= 0.6 is 0 Å². The fourth-order valence-corrected chi connectivity index (χ4v) is 4.77. The number of amides is 2. The van der Waals surface area contributed by atoms with E-state index >= 15 is 0 Å². The maximum atomic E-state index is 13.2. The van der Waals surface area contributed by atoms with Gasteiger partial charge in [-0.2, -0.15) is 13.2 Å². The van der Waals surface area contributed by atoms with Crippen LogP contribution in [0.15, 0.2) is 48.5 Å². The molecule has 0 bridgehead atoms. The van der Waals surface area contributed by atoms with Crippen LogP contribution < -0.4 is 10.6 Å². The fraction of sp³-hybridized carbons (Fsp3) is 0.440. The number of aliphatic hydroxyl groups is 1. The lowest BCUT2D eigenvalue weighted by atomic mass is 9.76. The Bertz CT molecular complexity index is 1060. The lowest BCUT2D eigenvalue weighted by Crippen LogP contribution is -2.63. The second-order valence-electron chi connectivity index (χ2n) is 9.25. The van der Waals surface area contributed by atoms with Crippen molar-refractivity contribution < 1.29 is 32.3 Å². The van der Waals surface area contributed by atoms with Crippen LogP contribution in [0.25, 0.3) is 0 Å². The molecule has 10 heteroatoms. The number of carbonyl (C=O) groups excluding carboxylic acids is 2. The maximum Gasteiger partial charge on any atom is 0.416 e. The molecule has 1 saturated heterocycles. The van der Waals surface area contributed by atoms with E-state index < -0.39 is 29.2 Å². The third-order valence-corrected chi connectivity index (χ3v) is 6.82. The van der Waals surface area contributed by atoms with Gasteiger partial charge in [0.25, 0.3) is 5.91 Å². The second-order valence-corrected chi connectivity index (χ2v) is 9.25. The third kappa shape index (κ3) is 5.99. The zero-order chi connectivity index (χ0) is 25.2. The Hall–Kier alpha value is -2.98. The van der Waals surface area contributed by atoms with Gasteiger partial charge in [0.15, 0.2) is 0 Å². The van der Waals surface area contributed by atoms with Crippen LogP contribution in [0.2, 0.25) is 0 Å². The zero-order valence-corrected chi connectivity index (χ0v) is 18.9. The molecule has 6 nitrogen and oxygen atoms in total. The van der Waals surface area contributed by atoms with Crippen LogP contribution in [0, 0.1) is 5.82 Å². The molecule has 2 amide bonds. The van der Waals surface area contributed by atoms with Crippen molar-refractivity contribution >= 4 is 11.8 Å². The quantitative estimate of drug-likeness (QED) is 0.540. The summed E-state index contributed by atoms with van der Waals surface area (Å²) in [6, 6.07) is 10.2. The fourth-order valence-electron chi connectivity index (χ4n) is 4.77. The highest BCUT2D eigenvalue weighted by Gasteiger charge is 2.40. The van der Waals surface area contributed by atoms with Gasteiger partial charge in [-0.1, -0.05) is 18.2 Å². The molecule has 1 heterocycles. The molecule has 35 heavy (non-hydrogen) atoms. The van der Waals surface area contributed by atoms with Gasteiger partial charge in [0.05, 0.1) is 23.8 Å². The molecule has 2 aromatic carbocycles. The summed E-state index contributed by atoms with van der Waals surface area (Å²) in [5.74, 6) is -1.50. The first-order valence-electron chi connectivity index (χ1n) is 11.5. The Morgan fingerprint density at radius 3 is 2.34 bits per heavy atom. The second kappa shape index (κ2) is 9.94. The van der Waals surface area contributed by atoms with Gasteiger partial charge >= 0.3 is 6.18 Å². The average molecular weight is 494 g/mol. The summed E-state index contributed by atoms with van der Waals surface area (Å²) in [6.45, 7) is 0.958. The van der Waals surface area contributed by atoms with Gasteiger partial charge in [-0.15, -0.1) is 0 Å². The average Bonchev–Trinajstić information content (AvgIpc) is 2.80. The number of alkyl halides is 3. The molecule has 0 radical (unpaired) electrons. The number of hydrogen-bond acceptors (Lipinski definition) is 4. The van der Waals surface area contributed by atoms with Crippen molar-refractivity contribution in [2.45, 2.75) is 49.5 Å². The van der Waals surface area contributed by atoms with E-state index in [0.717, 1.165) is 36.6 Å². The molecule has 2 aliphatic rings. The highest BCUT2D eigenvalue weighted by molar-refractivity contribution is 5.96. The Labute approximate surface area is 200 Å². The van der Waals surface area contributed by atoms with Crippen molar-refractivity contribution in [3.63, 3.8) is 0 Å². The molecule has 1 aliphatic carbocycles. The number of likely N-dealkylation sites (tertiary alicyclic amines) is 1. The Kier molecular flexibility index (Phi) is 7.14. The van der Waals surface area contributed by atoms with E-state index in [2.05, 4.69) is 15.5 Å². The van der Waals surface area contributed by atoms with Crippen molar-refractivity contribution in [2.75, 3.05) is 19.6 Å². The van der Waals surface area contributed by atoms with E-state index in [4.69, 9.17) is 0 Å². The Morgan fingerprint density at radius 1 is 1.06 bits per heavy atom. The minimum Gasteiger partial charge on any atom is -0.385 e. The lowest BCUT2D eigenvalue weighted by Gasteiger charge is -2.48. The normalized spacial score (nSPS) is 23.4. The zero-order valence-electron chi connectivity index (χ0n) is 18.9. The van der Waals surface area contributed by atoms with Crippen molar-refractivity contribution in [1.29, 1.82) is 0 Å². The van der Waals surface area contributed by atoms with Crippen LogP contribution in [0.3, 0.4) is 0 Å². The first-order valence-corrected chi connectivity index (χ1v) is 11.5. The molecule has 0 unspecified atom stereocenters. The van der Waals surface area contributed by atoms with E-state index in [0.29, 0.717) is 25.9 Å². The van der Waals surface area contributed by atoms with Crippen molar-refractivity contribution in [2.24, 2.45) is 0 Å². The number of benzene rings is 2. The summed E-state index contributed by atoms with van der Waals surface area (Å²) in [6.07, 6.45) is -1.86. The molecule has 1 saturated carbocycles. The van der Waals surface area contributed by atoms with E-state index in [1.807, 2.05) is 0 Å². The van der Waals surface area contributed by atoms with Crippen LogP contribution in [0.1, 0.15) is 47.2 Å². The van der Waals surface area contributed by atoms with Crippen LogP contribution in [-0.4, -0.2) is 53.5 Å². The molecule has 0 atom stereocenters. The number of rotatable bonds is 6. The Balaban J connectivity index is 1.18. The predicted molar refractivity (Wildman–Crippen MR) is 120 cm³/mol. The van der Waals surface area contributed by atoms with E-state index in [-0.39, 0.29) is 30.0 Å². The lowest BCUT2D eigenvalue weighted by molar-refractivity contribution is -0.137. The third-order valence-electron chi connectivity index (χ3n) is 6.82. The van der Waals surface area contributed by atoms with Crippen molar-refractivity contribution in [1.82, 2.24) is 15.5 Å². The van der Waals surface area contributed by atoms with Crippen LogP contribution in [0.5, 0.6) is 0 Å². The molecule has 2 aromatic rings. The molecule has 0 aromatic heterocycles. The number of nitrogens with zero attached hydrogens (tertiary/aromatic N) is 1. The van der Waals surface area contributed by atoms with Crippen LogP contribution in [0.4, 0.5) is 17.6 Å². The predicted octanol–water partition coefficient (Wildman–Crippen LogP) is 3.21. The van der Waals surface area contributed by atoms with E-state index in [1.54, 1.807) is 12.1 Å². The van der Waals surface area contributed by atoms with Crippen molar-refractivity contribution in [3.05, 3.63) is 71.0 Å². The first-order chi connectivity index (χ1) is 16.5. The molecular weight excluding hydrogens is 466 g/mol. The SMILES string of the molecule is O=C(CNC(=O)c1cccc(C(F)(F)F)c1)NC1CN([C@H]2CC[C@@](O)(c3ccc(F)cc3)CC2)C1. The molecule has 2 fully saturated rings. The van der Waals surface area contributed by atoms with Gasteiger partial charge < -0.3 is 15.7 Å². The number of halogens is 4. The molecule has 0 spiro atoms. The largest absolute Gasteiger partial charge is 0.416 e. The Morgan fingerprint density at radius 2 is 1.71 bits per heavy atom. The highest BCUT2D eigenvalue weighted by Crippen LogP contribution is 2.39. The van der Waals surface area contributed by atoms with Gasteiger partial charge in [-0.05, 0) is 61.6 Å². The van der Waals surface area contributed by atoms with E-state index in [9.17, 15) is 32.3 Å². The molecular formula is C25H27F4N3O3. The summed E-state index contributed by atoms with van der Waals surface area (Å²) >= 11 is 0. The summed E-state index contributed by atoms with van der Waals surface area (Å²) in [5, 5.41) is 16.1. The molecule has 188 valence electrons. The van der Waals surface area contributed by atoms with Crippen molar-refractivity contribution in [3.8, 4) is 0 Å². The van der Waals surface area contributed by atoms with Gasteiger partial charge in [0, 0.05) is 24.7 Å². The summed E-state index contributed by atoms with van der Waals surface area (Å²) in [4.78, 5) is 26.5.